The molecular weight excluding hydrogens is 264 g/mol. The summed E-state index contributed by atoms with van der Waals surface area (Å²) in [5.74, 6) is 2.00. The van der Waals surface area contributed by atoms with Crippen molar-refractivity contribution in [1.82, 2.24) is 0 Å². The summed E-state index contributed by atoms with van der Waals surface area (Å²) in [5, 5.41) is 10.7. The van der Waals surface area contributed by atoms with Crippen molar-refractivity contribution in [3.8, 4) is 5.75 Å². The molecule has 2 rings (SSSR count). The van der Waals surface area contributed by atoms with Gasteiger partial charge in [0.25, 0.3) is 0 Å². The van der Waals surface area contributed by atoms with Crippen molar-refractivity contribution >= 4 is 0 Å². The number of ether oxygens (including phenoxy) is 2. The number of para-hydroxylation sites is 1. The maximum absolute atomic E-state index is 10.7. The lowest BCUT2D eigenvalue weighted by atomic mass is 9.77. The van der Waals surface area contributed by atoms with Crippen molar-refractivity contribution in [1.29, 1.82) is 0 Å². The number of aliphatic hydroxyl groups is 1. The smallest absolute Gasteiger partial charge is 0.125 e. The van der Waals surface area contributed by atoms with Gasteiger partial charge < -0.3 is 14.6 Å². The predicted octanol–water partition coefficient (Wildman–Crippen LogP) is 3.96. The lowest BCUT2D eigenvalue weighted by molar-refractivity contribution is 0.0689. The number of hydrogen-bond donors (Lipinski definition) is 1. The van der Waals surface area contributed by atoms with Crippen LogP contribution in [-0.2, 0) is 4.74 Å². The van der Waals surface area contributed by atoms with E-state index in [2.05, 4.69) is 6.92 Å². The molecule has 21 heavy (non-hydrogen) atoms. The third-order valence-corrected chi connectivity index (χ3v) is 4.70. The van der Waals surface area contributed by atoms with Gasteiger partial charge in [-0.3, -0.25) is 0 Å². The highest BCUT2D eigenvalue weighted by molar-refractivity contribution is 5.35. The summed E-state index contributed by atoms with van der Waals surface area (Å²) < 4.78 is 10.8. The van der Waals surface area contributed by atoms with Crippen LogP contribution in [0.5, 0.6) is 5.75 Å². The fraction of sp³-hybridized carbons (Fsp3) is 0.667. The van der Waals surface area contributed by atoms with Crippen LogP contribution in [0, 0.1) is 11.8 Å². The molecule has 118 valence electrons. The number of rotatable bonds is 7. The minimum atomic E-state index is -0.415. The highest BCUT2D eigenvalue weighted by Crippen LogP contribution is 2.40. The van der Waals surface area contributed by atoms with Crippen LogP contribution < -0.4 is 4.74 Å². The summed E-state index contributed by atoms with van der Waals surface area (Å²) in [7, 11) is 1.66. The van der Waals surface area contributed by atoms with E-state index in [4.69, 9.17) is 9.47 Å². The van der Waals surface area contributed by atoms with Crippen LogP contribution in [0.4, 0.5) is 0 Å². The second-order valence-electron chi connectivity index (χ2n) is 6.01. The standard InChI is InChI=1S/C18H28O3/c1-3-14-8-10-15(11-9-14)18(19)16-6-4-5-7-17(16)21-13-12-20-2/h4-7,14-15,18-19H,3,8-13H2,1-2H3. The first-order valence-corrected chi connectivity index (χ1v) is 8.15. The van der Waals surface area contributed by atoms with Crippen LogP contribution in [0.2, 0.25) is 0 Å². The lowest BCUT2D eigenvalue weighted by Crippen LogP contribution is -2.21. The molecule has 0 aromatic heterocycles. The minimum Gasteiger partial charge on any atom is -0.491 e. The molecule has 1 aromatic rings. The molecule has 0 aliphatic heterocycles. The average Bonchev–Trinajstić information content (AvgIpc) is 2.55. The van der Waals surface area contributed by atoms with Crippen LogP contribution in [0.3, 0.4) is 0 Å². The summed E-state index contributed by atoms with van der Waals surface area (Å²) >= 11 is 0. The monoisotopic (exact) mass is 292 g/mol. The Kier molecular flexibility index (Phi) is 6.52. The second-order valence-corrected chi connectivity index (χ2v) is 6.01. The zero-order valence-corrected chi connectivity index (χ0v) is 13.3. The maximum atomic E-state index is 10.7. The topological polar surface area (TPSA) is 38.7 Å². The Bertz CT molecular complexity index is 411. The SMILES string of the molecule is CCC1CCC(C(O)c2ccccc2OCCOC)CC1. The molecule has 0 amide bonds. The zero-order valence-electron chi connectivity index (χ0n) is 13.3. The van der Waals surface area contributed by atoms with Crippen molar-refractivity contribution in [3.63, 3.8) is 0 Å². The van der Waals surface area contributed by atoms with Crippen molar-refractivity contribution in [2.75, 3.05) is 20.3 Å². The first kappa shape index (κ1) is 16.3. The Morgan fingerprint density at radius 1 is 1.14 bits per heavy atom. The van der Waals surface area contributed by atoms with E-state index in [1.54, 1.807) is 7.11 Å². The number of aliphatic hydroxyl groups excluding tert-OH is 1. The molecule has 1 saturated carbocycles. The molecule has 3 nitrogen and oxygen atoms in total. The Balaban J connectivity index is 2.00. The summed E-state index contributed by atoms with van der Waals surface area (Å²) in [5.41, 5.74) is 0.925. The molecule has 0 heterocycles. The Morgan fingerprint density at radius 3 is 2.52 bits per heavy atom. The van der Waals surface area contributed by atoms with E-state index < -0.39 is 6.10 Å². The van der Waals surface area contributed by atoms with Crippen molar-refractivity contribution in [2.24, 2.45) is 11.8 Å². The number of benzene rings is 1. The molecule has 1 N–H and O–H groups in total. The first-order valence-electron chi connectivity index (χ1n) is 8.15. The Morgan fingerprint density at radius 2 is 1.86 bits per heavy atom. The van der Waals surface area contributed by atoms with E-state index in [1.807, 2.05) is 24.3 Å². The molecular formula is C18H28O3. The van der Waals surface area contributed by atoms with Gasteiger partial charge >= 0.3 is 0 Å². The van der Waals surface area contributed by atoms with E-state index in [1.165, 1.54) is 19.3 Å². The molecule has 0 bridgehead atoms. The van der Waals surface area contributed by atoms with E-state index >= 15 is 0 Å². The van der Waals surface area contributed by atoms with E-state index in [-0.39, 0.29) is 0 Å². The highest BCUT2D eigenvalue weighted by atomic mass is 16.5. The fourth-order valence-corrected chi connectivity index (χ4v) is 3.26. The summed E-state index contributed by atoms with van der Waals surface area (Å²) in [6.45, 7) is 3.34. The highest BCUT2D eigenvalue weighted by Gasteiger charge is 2.28. The van der Waals surface area contributed by atoms with E-state index in [9.17, 15) is 5.11 Å². The quantitative estimate of drug-likeness (QED) is 0.773. The molecule has 0 saturated heterocycles. The third kappa shape index (κ3) is 4.45. The van der Waals surface area contributed by atoms with Crippen LogP contribution in [0.1, 0.15) is 50.7 Å². The van der Waals surface area contributed by atoms with Gasteiger partial charge in [0, 0.05) is 12.7 Å². The van der Waals surface area contributed by atoms with Crippen molar-refractivity contribution in [2.45, 2.75) is 45.1 Å². The zero-order chi connectivity index (χ0) is 15.1. The Hall–Kier alpha value is -1.06. The summed E-state index contributed by atoms with van der Waals surface area (Å²) in [4.78, 5) is 0. The van der Waals surface area contributed by atoms with Gasteiger partial charge in [-0.25, -0.2) is 0 Å². The third-order valence-electron chi connectivity index (χ3n) is 4.70. The van der Waals surface area contributed by atoms with E-state index in [0.717, 1.165) is 30.1 Å². The van der Waals surface area contributed by atoms with Crippen LogP contribution in [0.15, 0.2) is 24.3 Å². The van der Waals surface area contributed by atoms with Gasteiger partial charge in [0.05, 0.1) is 12.7 Å². The molecule has 3 heteroatoms. The number of methoxy groups -OCH3 is 1. The lowest BCUT2D eigenvalue weighted by Gasteiger charge is -2.31. The molecule has 1 fully saturated rings. The Labute approximate surface area is 128 Å². The van der Waals surface area contributed by atoms with Gasteiger partial charge in [-0.05, 0) is 30.7 Å². The molecule has 1 aliphatic rings. The fourth-order valence-electron chi connectivity index (χ4n) is 3.26. The van der Waals surface area contributed by atoms with Gasteiger partial charge in [-0.2, -0.15) is 0 Å². The maximum Gasteiger partial charge on any atom is 0.125 e. The largest absolute Gasteiger partial charge is 0.491 e. The molecule has 1 aromatic carbocycles. The van der Waals surface area contributed by atoms with Crippen molar-refractivity contribution in [3.05, 3.63) is 29.8 Å². The molecule has 1 unspecified atom stereocenters. The van der Waals surface area contributed by atoms with Gasteiger partial charge in [0.1, 0.15) is 12.4 Å². The molecule has 1 aliphatic carbocycles. The van der Waals surface area contributed by atoms with Gasteiger partial charge in [0.15, 0.2) is 0 Å². The molecule has 0 radical (unpaired) electrons. The van der Waals surface area contributed by atoms with Crippen LogP contribution >= 0.6 is 0 Å². The van der Waals surface area contributed by atoms with Gasteiger partial charge in [-0.1, -0.05) is 44.4 Å². The average molecular weight is 292 g/mol. The first-order chi connectivity index (χ1) is 10.3. The van der Waals surface area contributed by atoms with Crippen LogP contribution in [-0.4, -0.2) is 25.4 Å². The summed E-state index contributed by atoms with van der Waals surface area (Å²) in [6, 6.07) is 7.84. The minimum absolute atomic E-state index is 0.361. The van der Waals surface area contributed by atoms with Gasteiger partial charge in [0.2, 0.25) is 0 Å². The van der Waals surface area contributed by atoms with Gasteiger partial charge in [-0.15, -0.1) is 0 Å². The van der Waals surface area contributed by atoms with Crippen LogP contribution in [0.25, 0.3) is 0 Å². The second kappa shape index (κ2) is 8.40. The normalized spacial score (nSPS) is 23.8. The predicted molar refractivity (Wildman–Crippen MR) is 84.5 cm³/mol. The summed E-state index contributed by atoms with van der Waals surface area (Å²) in [6.07, 6.45) is 5.56. The molecule has 1 atom stereocenters. The number of hydrogen-bond acceptors (Lipinski definition) is 3. The van der Waals surface area contributed by atoms with Crippen molar-refractivity contribution < 1.29 is 14.6 Å². The van der Waals surface area contributed by atoms with E-state index in [0.29, 0.717) is 19.1 Å². The molecule has 0 spiro atoms.